The Labute approximate surface area is 171 Å². The number of nitrogens with one attached hydrogen (secondary N) is 2. The number of para-hydroxylation sites is 1. The molecule has 1 saturated heterocycles. The summed E-state index contributed by atoms with van der Waals surface area (Å²) in [7, 11) is -3.28. The van der Waals surface area contributed by atoms with Gasteiger partial charge < -0.3 is 15.1 Å². The smallest absolute Gasteiger partial charge is 0.321 e. The van der Waals surface area contributed by atoms with Crippen molar-refractivity contribution in [3.05, 3.63) is 54.1 Å². The monoisotopic (exact) mass is 414 g/mol. The lowest BCUT2D eigenvalue weighted by Crippen LogP contribution is -2.50. The molecular formula is C21H26N4O3S. The Bertz CT molecular complexity index is 991. The molecule has 2 aliphatic rings. The van der Waals surface area contributed by atoms with Crippen molar-refractivity contribution < 1.29 is 13.2 Å². The number of likely N-dealkylation sites (tertiary alicyclic amines) is 1. The van der Waals surface area contributed by atoms with Crippen LogP contribution in [0.25, 0.3) is 0 Å². The first-order valence-corrected chi connectivity index (χ1v) is 11.8. The highest BCUT2D eigenvalue weighted by molar-refractivity contribution is 7.88. The molecule has 0 spiro atoms. The zero-order valence-electron chi connectivity index (χ0n) is 16.5. The number of anilines is 3. The highest BCUT2D eigenvalue weighted by Crippen LogP contribution is 2.34. The zero-order valence-corrected chi connectivity index (χ0v) is 17.3. The molecule has 0 aliphatic carbocycles. The van der Waals surface area contributed by atoms with Gasteiger partial charge in [-0.3, -0.25) is 0 Å². The van der Waals surface area contributed by atoms with Crippen LogP contribution in [0.4, 0.5) is 21.9 Å². The van der Waals surface area contributed by atoms with Gasteiger partial charge in [-0.25, -0.2) is 17.9 Å². The highest BCUT2D eigenvalue weighted by Gasteiger charge is 2.25. The number of carbonyl (C=O) groups excluding carboxylic acids is 1. The van der Waals surface area contributed by atoms with E-state index in [2.05, 4.69) is 39.2 Å². The second kappa shape index (κ2) is 8.04. The maximum absolute atomic E-state index is 12.6. The molecule has 2 aromatic rings. The number of hydrogen-bond donors (Lipinski definition) is 2. The van der Waals surface area contributed by atoms with Crippen molar-refractivity contribution in [2.75, 3.05) is 36.1 Å². The summed E-state index contributed by atoms with van der Waals surface area (Å²) in [4.78, 5) is 16.6. The molecule has 8 heteroatoms. The van der Waals surface area contributed by atoms with Crippen LogP contribution in [-0.4, -0.2) is 51.3 Å². The molecule has 1 atom stereocenters. The van der Waals surface area contributed by atoms with Gasteiger partial charge in [-0.15, -0.1) is 0 Å². The van der Waals surface area contributed by atoms with Gasteiger partial charge in [0.25, 0.3) is 0 Å². The molecule has 4 rings (SSSR count). The molecule has 29 heavy (non-hydrogen) atoms. The van der Waals surface area contributed by atoms with Crippen molar-refractivity contribution in [3.63, 3.8) is 0 Å². The van der Waals surface area contributed by atoms with Crippen LogP contribution < -0.4 is 14.9 Å². The van der Waals surface area contributed by atoms with Crippen LogP contribution >= 0.6 is 0 Å². The van der Waals surface area contributed by atoms with E-state index in [0.29, 0.717) is 13.1 Å². The lowest BCUT2D eigenvalue weighted by molar-refractivity contribution is 0.190. The van der Waals surface area contributed by atoms with Crippen LogP contribution in [0.15, 0.2) is 48.5 Å². The third kappa shape index (κ3) is 4.71. The van der Waals surface area contributed by atoms with Gasteiger partial charge in [-0.2, -0.15) is 0 Å². The summed E-state index contributed by atoms with van der Waals surface area (Å²) < 4.78 is 25.5. The highest BCUT2D eigenvalue weighted by atomic mass is 32.2. The van der Waals surface area contributed by atoms with Crippen LogP contribution in [0.1, 0.15) is 18.4 Å². The fraction of sp³-hybridized carbons (Fsp3) is 0.381. The van der Waals surface area contributed by atoms with Gasteiger partial charge >= 0.3 is 6.03 Å². The molecule has 0 aromatic heterocycles. The van der Waals surface area contributed by atoms with Crippen molar-refractivity contribution >= 4 is 33.1 Å². The molecule has 154 valence electrons. The number of sulfonamides is 1. The maximum atomic E-state index is 12.6. The van der Waals surface area contributed by atoms with E-state index >= 15 is 0 Å². The van der Waals surface area contributed by atoms with Crippen LogP contribution in [0, 0.1) is 0 Å². The van der Waals surface area contributed by atoms with Crippen LogP contribution in [0.5, 0.6) is 0 Å². The SMILES string of the molecule is CS(=O)(=O)N[C@@H]1CCCN(C(=O)Nc2ccc(N3CCc4ccccc43)cc2)C1. The predicted octanol–water partition coefficient (Wildman–Crippen LogP) is 2.93. The average molecular weight is 415 g/mol. The molecule has 2 aromatic carbocycles. The summed E-state index contributed by atoms with van der Waals surface area (Å²) in [6.45, 7) is 1.95. The van der Waals surface area contributed by atoms with Gasteiger partial charge in [-0.05, 0) is 55.2 Å². The summed E-state index contributed by atoms with van der Waals surface area (Å²) in [5.74, 6) is 0. The minimum absolute atomic E-state index is 0.204. The normalized spacial score (nSPS) is 19.1. The first kappa shape index (κ1) is 19.7. The van der Waals surface area contributed by atoms with Crippen molar-refractivity contribution in [2.24, 2.45) is 0 Å². The van der Waals surface area contributed by atoms with E-state index in [9.17, 15) is 13.2 Å². The number of carbonyl (C=O) groups is 1. The van der Waals surface area contributed by atoms with E-state index in [4.69, 9.17) is 0 Å². The predicted molar refractivity (Wildman–Crippen MR) is 115 cm³/mol. The Kier molecular flexibility index (Phi) is 5.47. The lowest BCUT2D eigenvalue weighted by Gasteiger charge is -2.32. The third-order valence-corrected chi connectivity index (χ3v) is 6.17. The van der Waals surface area contributed by atoms with Crippen molar-refractivity contribution in [2.45, 2.75) is 25.3 Å². The second-order valence-corrected chi connectivity index (χ2v) is 9.46. The number of benzene rings is 2. The largest absolute Gasteiger partial charge is 0.341 e. The topological polar surface area (TPSA) is 81.8 Å². The van der Waals surface area contributed by atoms with E-state index in [1.807, 2.05) is 24.3 Å². The fourth-order valence-corrected chi connectivity index (χ4v) is 4.89. The van der Waals surface area contributed by atoms with E-state index in [-0.39, 0.29) is 12.1 Å². The van der Waals surface area contributed by atoms with Gasteiger partial charge in [0, 0.05) is 42.7 Å². The van der Waals surface area contributed by atoms with Crippen molar-refractivity contribution in [3.8, 4) is 0 Å². The van der Waals surface area contributed by atoms with Crippen LogP contribution in [-0.2, 0) is 16.4 Å². The van der Waals surface area contributed by atoms with Crippen molar-refractivity contribution in [1.82, 2.24) is 9.62 Å². The Morgan fingerprint density at radius 1 is 1.07 bits per heavy atom. The fourth-order valence-electron chi connectivity index (χ4n) is 4.09. The quantitative estimate of drug-likeness (QED) is 0.806. The van der Waals surface area contributed by atoms with E-state index in [0.717, 1.165) is 43.4 Å². The lowest BCUT2D eigenvalue weighted by atomic mass is 10.1. The summed E-state index contributed by atoms with van der Waals surface area (Å²) in [5, 5.41) is 2.92. The maximum Gasteiger partial charge on any atom is 0.321 e. The molecule has 0 bridgehead atoms. The Morgan fingerprint density at radius 2 is 1.83 bits per heavy atom. The summed E-state index contributed by atoms with van der Waals surface area (Å²) >= 11 is 0. The molecule has 2 N–H and O–H groups in total. The van der Waals surface area contributed by atoms with E-state index in [1.54, 1.807) is 4.90 Å². The number of nitrogens with zero attached hydrogens (tertiary/aromatic N) is 2. The first-order chi connectivity index (χ1) is 13.9. The molecule has 0 radical (unpaired) electrons. The second-order valence-electron chi connectivity index (χ2n) is 7.68. The average Bonchev–Trinajstić information content (AvgIpc) is 3.12. The van der Waals surface area contributed by atoms with Crippen LogP contribution in [0.3, 0.4) is 0 Å². The van der Waals surface area contributed by atoms with E-state index in [1.165, 1.54) is 11.3 Å². The van der Waals surface area contributed by atoms with Gasteiger partial charge in [0.15, 0.2) is 0 Å². The molecular weight excluding hydrogens is 388 g/mol. The third-order valence-electron chi connectivity index (χ3n) is 5.41. The molecule has 1 fully saturated rings. The summed E-state index contributed by atoms with van der Waals surface area (Å²) in [5.41, 5.74) is 4.42. The number of rotatable bonds is 4. The Morgan fingerprint density at radius 3 is 2.59 bits per heavy atom. The number of hydrogen-bond acceptors (Lipinski definition) is 4. The molecule has 2 aliphatic heterocycles. The molecule has 0 unspecified atom stereocenters. The molecule has 2 amide bonds. The van der Waals surface area contributed by atoms with E-state index < -0.39 is 10.0 Å². The molecule has 2 heterocycles. The molecule has 7 nitrogen and oxygen atoms in total. The van der Waals surface area contributed by atoms with Gasteiger partial charge in [0.2, 0.25) is 10.0 Å². The van der Waals surface area contributed by atoms with Gasteiger partial charge in [0.05, 0.1) is 6.26 Å². The molecule has 0 saturated carbocycles. The summed E-state index contributed by atoms with van der Waals surface area (Å²) in [6, 6.07) is 15.8. The number of piperidine rings is 1. The Hall–Kier alpha value is -2.58. The van der Waals surface area contributed by atoms with Crippen molar-refractivity contribution in [1.29, 1.82) is 0 Å². The first-order valence-electron chi connectivity index (χ1n) is 9.88. The number of fused-ring (bicyclic) bond motifs is 1. The van der Waals surface area contributed by atoms with Crippen LogP contribution in [0.2, 0.25) is 0 Å². The minimum atomic E-state index is -3.28. The van der Waals surface area contributed by atoms with Gasteiger partial charge in [-0.1, -0.05) is 18.2 Å². The Balaban J connectivity index is 1.38. The standard InChI is InChI=1S/C21H26N4O3S/c1-29(27,28)23-18-6-4-13-24(15-18)21(26)22-17-8-10-19(11-9-17)25-14-12-16-5-2-3-7-20(16)25/h2-3,5,7-11,18,23H,4,6,12-15H2,1H3,(H,22,26)/t18-/m1/s1. The zero-order chi connectivity index (χ0) is 20.4. The number of urea groups is 1. The minimum Gasteiger partial charge on any atom is -0.341 e. The summed E-state index contributed by atoms with van der Waals surface area (Å²) in [6.07, 6.45) is 3.69. The van der Waals surface area contributed by atoms with Gasteiger partial charge in [0.1, 0.15) is 0 Å². The number of amides is 2.